The number of anilines is 1. The van der Waals surface area contributed by atoms with Gasteiger partial charge >= 0.3 is 0 Å². The lowest BCUT2D eigenvalue weighted by molar-refractivity contribution is -0.141. The van der Waals surface area contributed by atoms with E-state index in [1.807, 2.05) is 44.2 Å². The van der Waals surface area contributed by atoms with Gasteiger partial charge in [-0.2, -0.15) is 0 Å². The van der Waals surface area contributed by atoms with Crippen molar-refractivity contribution in [1.29, 1.82) is 0 Å². The number of halogens is 2. The molecule has 0 fully saturated rings. The van der Waals surface area contributed by atoms with E-state index in [0.717, 1.165) is 22.2 Å². The van der Waals surface area contributed by atoms with Crippen LogP contribution in [-0.4, -0.2) is 50.0 Å². The molecule has 0 spiro atoms. The highest BCUT2D eigenvalue weighted by Crippen LogP contribution is 2.23. The zero-order valence-corrected chi connectivity index (χ0v) is 23.7. The average molecular weight is 572 g/mol. The van der Waals surface area contributed by atoms with E-state index in [1.165, 1.54) is 29.2 Å². The number of benzene rings is 3. The molecule has 2 amide bonds. The highest BCUT2D eigenvalue weighted by molar-refractivity contribution is 7.92. The topological polar surface area (TPSA) is 86.8 Å². The van der Waals surface area contributed by atoms with Crippen molar-refractivity contribution in [1.82, 2.24) is 10.2 Å². The number of rotatable bonds is 13. The fourth-order valence-corrected chi connectivity index (χ4v) is 5.35. The lowest BCUT2D eigenvalue weighted by Gasteiger charge is -2.32. The summed E-state index contributed by atoms with van der Waals surface area (Å²) in [5.41, 5.74) is 0.954. The van der Waals surface area contributed by atoms with Gasteiger partial charge in [0.15, 0.2) is 0 Å². The first-order chi connectivity index (χ1) is 19.0. The molecule has 0 aliphatic heterocycles. The Hall–Kier alpha value is -3.79. The first-order valence-electron chi connectivity index (χ1n) is 13.1. The van der Waals surface area contributed by atoms with Gasteiger partial charge in [0.2, 0.25) is 21.8 Å². The summed E-state index contributed by atoms with van der Waals surface area (Å²) in [6, 6.07) is 19.6. The third-order valence-electron chi connectivity index (χ3n) is 6.27. The lowest BCUT2D eigenvalue weighted by atomic mass is 10.0. The van der Waals surface area contributed by atoms with Gasteiger partial charge in [0.1, 0.15) is 17.7 Å². The van der Waals surface area contributed by atoms with Gasteiger partial charge in [0.05, 0.1) is 11.9 Å². The second-order valence-corrected chi connectivity index (χ2v) is 11.8. The molecular formula is C30H35F2N3O4S. The van der Waals surface area contributed by atoms with E-state index < -0.39 is 33.6 Å². The SMILES string of the molecule is CC(C)NC(=O)C(Cc1ccccc1)N(Cc1ccccc1F)C(=O)CCCN(c1ccccc1F)S(C)(=O)=O. The summed E-state index contributed by atoms with van der Waals surface area (Å²) in [7, 11) is -3.84. The summed E-state index contributed by atoms with van der Waals surface area (Å²) in [4.78, 5) is 28.4. The zero-order valence-electron chi connectivity index (χ0n) is 22.9. The molecule has 0 bridgehead atoms. The number of amides is 2. The minimum Gasteiger partial charge on any atom is -0.352 e. The minimum absolute atomic E-state index is 0.0534. The van der Waals surface area contributed by atoms with Crippen LogP contribution in [0.5, 0.6) is 0 Å². The maximum atomic E-state index is 14.7. The Bertz CT molecular complexity index is 1400. The molecule has 0 aliphatic rings. The Labute approximate surface area is 234 Å². The molecule has 214 valence electrons. The first-order valence-corrected chi connectivity index (χ1v) is 14.9. The summed E-state index contributed by atoms with van der Waals surface area (Å²) in [6.07, 6.45) is 1.08. The zero-order chi connectivity index (χ0) is 29.3. The predicted octanol–water partition coefficient (Wildman–Crippen LogP) is 4.68. The van der Waals surface area contributed by atoms with Gasteiger partial charge in [0.25, 0.3) is 0 Å². The van der Waals surface area contributed by atoms with Gasteiger partial charge < -0.3 is 10.2 Å². The number of nitrogens with zero attached hydrogens (tertiary/aromatic N) is 2. The van der Waals surface area contributed by atoms with Crippen molar-refractivity contribution in [3.8, 4) is 0 Å². The molecule has 0 saturated carbocycles. The maximum absolute atomic E-state index is 14.7. The Balaban J connectivity index is 1.90. The van der Waals surface area contributed by atoms with Crippen LogP contribution >= 0.6 is 0 Å². The van der Waals surface area contributed by atoms with Crippen molar-refractivity contribution in [3.63, 3.8) is 0 Å². The van der Waals surface area contributed by atoms with Crippen LogP contribution in [-0.2, 0) is 32.6 Å². The fraction of sp³-hybridized carbons (Fsp3) is 0.333. The van der Waals surface area contributed by atoms with Crippen molar-refractivity contribution in [3.05, 3.63) is 102 Å². The van der Waals surface area contributed by atoms with E-state index in [0.29, 0.717) is 0 Å². The highest BCUT2D eigenvalue weighted by atomic mass is 32.2. The summed E-state index contributed by atoms with van der Waals surface area (Å²) < 4.78 is 54.9. The number of hydrogen-bond donors (Lipinski definition) is 1. The van der Waals surface area contributed by atoms with Crippen LogP contribution in [0.2, 0.25) is 0 Å². The second kappa shape index (κ2) is 14.0. The van der Waals surface area contributed by atoms with Crippen molar-refractivity contribution in [2.45, 2.75) is 51.7 Å². The van der Waals surface area contributed by atoms with E-state index in [1.54, 1.807) is 18.2 Å². The molecule has 0 heterocycles. The third kappa shape index (κ3) is 8.61. The van der Waals surface area contributed by atoms with Crippen LogP contribution in [0.4, 0.5) is 14.5 Å². The molecule has 7 nitrogen and oxygen atoms in total. The summed E-state index contributed by atoms with van der Waals surface area (Å²) in [6.45, 7) is 3.31. The Morgan fingerprint density at radius 3 is 2.08 bits per heavy atom. The van der Waals surface area contributed by atoms with E-state index in [-0.39, 0.29) is 55.6 Å². The van der Waals surface area contributed by atoms with E-state index in [4.69, 9.17) is 0 Å². The second-order valence-electron chi connectivity index (χ2n) is 9.87. The minimum atomic E-state index is -3.84. The summed E-state index contributed by atoms with van der Waals surface area (Å²) >= 11 is 0. The van der Waals surface area contributed by atoms with Gasteiger partial charge in [-0.1, -0.05) is 60.7 Å². The number of hydrogen-bond acceptors (Lipinski definition) is 4. The fourth-order valence-electron chi connectivity index (χ4n) is 4.38. The summed E-state index contributed by atoms with van der Waals surface area (Å²) in [5, 5.41) is 2.87. The molecule has 10 heteroatoms. The summed E-state index contributed by atoms with van der Waals surface area (Å²) in [5.74, 6) is -2.04. The maximum Gasteiger partial charge on any atom is 0.243 e. The number of carbonyl (C=O) groups excluding carboxylic acids is 2. The van der Waals surface area contributed by atoms with Crippen LogP contribution in [0.15, 0.2) is 78.9 Å². The highest BCUT2D eigenvalue weighted by Gasteiger charge is 2.31. The molecule has 0 saturated heterocycles. The normalized spacial score (nSPS) is 12.2. The van der Waals surface area contributed by atoms with Gasteiger partial charge in [0, 0.05) is 37.5 Å². The molecule has 0 aromatic heterocycles. The van der Waals surface area contributed by atoms with Gasteiger partial charge in [-0.05, 0) is 44.0 Å². The molecule has 3 aromatic rings. The molecular weight excluding hydrogens is 536 g/mol. The molecule has 0 aliphatic carbocycles. The van der Waals surface area contributed by atoms with Crippen molar-refractivity contribution >= 4 is 27.5 Å². The molecule has 0 radical (unpaired) electrons. The molecule has 1 unspecified atom stereocenters. The van der Waals surface area contributed by atoms with E-state index >= 15 is 0 Å². The standard InChI is InChI=1S/C30H35F2N3O4S/c1-22(2)33-30(37)28(20-23-12-5-4-6-13-23)34(21-24-14-7-8-15-25(24)31)29(36)18-11-19-35(40(3,38)39)27-17-10-9-16-26(27)32/h4-10,12-17,22,28H,11,18-21H2,1-3H3,(H,33,37). The monoisotopic (exact) mass is 571 g/mol. The van der Waals surface area contributed by atoms with Crippen molar-refractivity contribution in [2.24, 2.45) is 0 Å². The van der Waals surface area contributed by atoms with Gasteiger partial charge in [-0.25, -0.2) is 17.2 Å². The molecule has 3 aromatic carbocycles. The largest absolute Gasteiger partial charge is 0.352 e. The molecule has 40 heavy (non-hydrogen) atoms. The van der Waals surface area contributed by atoms with E-state index in [9.17, 15) is 26.8 Å². The lowest BCUT2D eigenvalue weighted by Crippen LogP contribution is -2.52. The van der Waals surface area contributed by atoms with Gasteiger partial charge in [-0.15, -0.1) is 0 Å². The van der Waals surface area contributed by atoms with Crippen molar-refractivity contribution in [2.75, 3.05) is 17.1 Å². The Kier molecular flexibility index (Phi) is 10.8. The van der Waals surface area contributed by atoms with Crippen LogP contribution in [0.3, 0.4) is 0 Å². The Morgan fingerprint density at radius 1 is 0.875 bits per heavy atom. The predicted molar refractivity (Wildman–Crippen MR) is 152 cm³/mol. The van der Waals surface area contributed by atoms with Crippen LogP contribution in [0.1, 0.15) is 37.8 Å². The number of carbonyl (C=O) groups is 2. The average Bonchev–Trinajstić information content (AvgIpc) is 2.89. The third-order valence-corrected chi connectivity index (χ3v) is 7.45. The van der Waals surface area contributed by atoms with Crippen LogP contribution in [0.25, 0.3) is 0 Å². The van der Waals surface area contributed by atoms with E-state index in [2.05, 4.69) is 5.32 Å². The number of nitrogens with one attached hydrogen (secondary N) is 1. The molecule has 1 N–H and O–H groups in total. The van der Waals surface area contributed by atoms with Crippen molar-refractivity contribution < 1.29 is 26.8 Å². The van der Waals surface area contributed by atoms with Crippen LogP contribution < -0.4 is 9.62 Å². The molecule has 3 rings (SSSR count). The number of sulfonamides is 1. The van der Waals surface area contributed by atoms with Crippen LogP contribution in [0, 0.1) is 11.6 Å². The quantitative estimate of drug-likeness (QED) is 0.323. The smallest absolute Gasteiger partial charge is 0.243 e. The first kappa shape index (κ1) is 30.7. The van der Waals surface area contributed by atoms with Gasteiger partial charge in [-0.3, -0.25) is 13.9 Å². The Morgan fingerprint density at radius 2 is 1.48 bits per heavy atom. The number of para-hydroxylation sites is 1. The molecule has 1 atom stereocenters.